The molecule has 1 aliphatic rings. The zero-order valence-corrected chi connectivity index (χ0v) is 25.9. The van der Waals surface area contributed by atoms with Crippen LogP contribution < -0.4 is 10.6 Å². The summed E-state index contributed by atoms with van der Waals surface area (Å²) in [4.78, 5) is 15.8. The number of hydrogen-bond acceptors (Lipinski definition) is 3. The second-order valence-corrected chi connectivity index (χ2v) is 12.6. The molecule has 4 nitrogen and oxygen atoms in total. The van der Waals surface area contributed by atoms with Gasteiger partial charge < -0.3 is 15.5 Å². The minimum atomic E-state index is -0.606. The SMILES string of the molecule is CCc1cccc(C2(NCC[C@H](Cc3cc(F)cc(F)c3)NC(=O)c3cc(C)cc(CN(C)CCC(C)C)c3)CC2)c1. The Hall–Kier alpha value is -3.09. The van der Waals surface area contributed by atoms with Gasteiger partial charge in [0, 0.05) is 29.8 Å². The second kappa shape index (κ2) is 14.4. The molecule has 4 rings (SSSR count). The van der Waals surface area contributed by atoms with E-state index in [2.05, 4.69) is 73.7 Å². The van der Waals surface area contributed by atoms with Crippen molar-refractivity contribution in [2.24, 2.45) is 5.92 Å². The van der Waals surface area contributed by atoms with Crippen LogP contribution in [0.2, 0.25) is 0 Å². The van der Waals surface area contributed by atoms with E-state index in [1.54, 1.807) is 0 Å². The van der Waals surface area contributed by atoms with Gasteiger partial charge in [0.05, 0.1) is 0 Å². The highest BCUT2D eigenvalue weighted by molar-refractivity contribution is 5.94. The first-order valence-corrected chi connectivity index (χ1v) is 15.4. The van der Waals surface area contributed by atoms with Gasteiger partial charge in [-0.3, -0.25) is 4.79 Å². The van der Waals surface area contributed by atoms with Crippen molar-refractivity contribution in [3.8, 4) is 0 Å². The number of carbonyl (C=O) groups is 1. The first-order valence-electron chi connectivity index (χ1n) is 15.4. The van der Waals surface area contributed by atoms with Crippen LogP contribution in [0.4, 0.5) is 8.78 Å². The second-order valence-electron chi connectivity index (χ2n) is 12.6. The fraction of sp³-hybridized carbons (Fsp3) is 0.472. The van der Waals surface area contributed by atoms with Gasteiger partial charge in [-0.2, -0.15) is 0 Å². The zero-order valence-electron chi connectivity index (χ0n) is 25.9. The first kappa shape index (κ1) is 31.8. The van der Waals surface area contributed by atoms with Gasteiger partial charge in [-0.25, -0.2) is 8.78 Å². The summed E-state index contributed by atoms with van der Waals surface area (Å²) in [6.45, 7) is 11.1. The number of benzene rings is 3. The summed E-state index contributed by atoms with van der Waals surface area (Å²) in [5.74, 6) is -0.735. The van der Waals surface area contributed by atoms with Crippen LogP contribution in [0.3, 0.4) is 0 Å². The van der Waals surface area contributed by atoms with Crippen molar-refractivity contribution in [1.29, 1.82) is 0 Å². The Morgan fingerprint density at radius 2 is 1.69 bits per heavy atom. The highest BCUT2D eigenvalue weighted by Gasteiger charge is 2.43. The minimum absolute atomic E-state index is 0.0300. The molecule has 1 amide bonds. The molecule has 1 aliphatic carbocycles. The number of rotatable bonds is 15. The Balaban J connectivity index is 1.46. The molecule has 0 aromatic heterocycles. The molecule has 1 fully saturated rings. The third-order valence-electron chi connectivity index (χ3n) is 8.27. The highest BCUT2D eigenvalue weighted by atomic mass is 19.1. The Labute approximate surface area is 250 Å². The van der Waals surface area contributed by atoms with Crippen LogP contribution in [-0.2, 0) is 24.9 Å². The lowest BCUT2D eigenvalue weighted by molar-refractivity contribution is 0.0934. The molecule has 0 unspecified atom stereocenters. The normalized spacial score (nSPS) is 14.8. The van der Waals surface area contributed by atoms with E-state index in [1.807, 2.05) is 19.1 Å². The quantitative estimate of drug-likeness (QED) is 0.200. The van der Waals surface area contributed by atoms with Gasteiger partial charge in [0.2, 0.25) is 0 Å². The van der Waals surface area contributed by atoms with Crippen LogP contribution >= 0.6 is 0 Å². The summed E-state index contributed by atoms with van der Waals surface area (Å²) in [5.41, 5.74) is 5.87. The van der Waals surface area contributed by atoms with Crippen molar-refractivity contribution < 1.29 is 13.6 Å². The first-order chi connectivity index (χ1) is 20.0. The van der Waals surface area contributed by atoms with E-state index in [0.717, 1.165) is 56.0 Å². The van der Waals surface area contributed by atoms with Gasteiger partial charge in [-0.05, 0) is 118 Å². The van der Waals surface area contributed by atoms with E-state index in [4.69, 9.17) is 0 Å². The van der Waals surface area contributed by atoms with Crippen LogP contribution in [0.25, 0.3) is 0 Å². The molecular formula is C36H47F2N3O. The number of hydrogen-bond donors (Lipinski definition) is 2. The molecule has 6 heteroatoms. The molecule has 0 bridgehead atoms. The molecule has 0 aliphatic heterocycles. The Kier molecular flexibility index (Phi) is 10.9. The van der Waals surface area contributed by atoms with E-state index in [9.17, 15) is 13.6 Å². The lowest BCUT2D eigenvalue weighted by Crippen LogP contribution is -2.40. The molecular weight excluding hydrogens is 528 g/mol. The average molecular weight is 576 g/mol. The summed E-state index contributed by atoms with van der Waals surface area (Å²) < 4.78 is 28.0. The van der Waals surface area contributed by atoms with Crippen LogP contribution in [0.15, 0.2) is 60.7 Å². The molecule has 2 N–H and O–H groups in total. The van der Waals surface area contributed by atoms with Crippen LogP contribution in [0, 0.1) is 24.5 Å². The lowest BCUT2D eigenvalue weighted by atomic mass is 9.99. The number of aryl methyl sites for hydroxylation is 2. The number of carbonyl (C=O) groups excluding carboxylic acids is 1. The topological polar surface area (TPSA) is 44.4 Å². The van der Waals surface area contributed by atoms with E-state index >= 15 is 0 Å². The van der Waals surface area contributed by atoms with Gasteiger partial charge in [0.15, 0.2) is 0 Å². The molecule has 42 heavy (non-hydrogen) atoms. The molecule has 1 atom stereocenters. The maximum atomic E-state index is 14.0. The Morgan fingerprint density at radius 3 is 2.36 bits per heavy atom. The van der Waals surface area contributed by atoms with Crippen molar-refractivity contribution in [1.82, 2.24) is 15.5 Å². The standard InChI is InChI=1S/C36H47F2N3O/c1-6-27-8-7-9-31(19-27)36(12-13-36)39-14-10-34(22-28-20-32(37)23-33(38)21-28)40-35(42)30-17-26(4)16-29(18-30)24-41(5)15-11-25(2)3/h7-9,16-21,23,25,34,39H,6,10-15,22,24H2,1-5H3,(H,40,42)/t34-/m1/s1. The smallest absolute Gasteiger partial charge is 0.251 e. The van der Waals surface area contributed by atoms with E-state index in [1.165, 1.54) is 23.3 Å². The van der Waals surface area contributed by atoms with Gasteiger partial charge in [0.25, 0.3) is 5.91 Å². The predicted octanol–water partition coefficient (Wildman–Crippen LogP) is 7.32. The largest absolute Gasteiger partial charge is 0.349 e. The number of nitrogens with zero attached hydrogens (tertiary/aromatic N) is 1. The molecule has 3 aromatic carbocycles. The number of halogens is 2. The molecule has 0 heterocycles. The summed E-state index contributed by atoms with van der Waals surface area (Å²) in [6.07, 6.45) is 5.25. The van der Waals surface area contributed by atoms with E-state index in [-0.39, 0.29) is 17.5 Å². The minimum Gasteiger partial charge on any atom is -0.349 e. The third kappa shape index (κ3) is 9.20. The number of amides is 1. The number of nitrogens with one attached hydrogen (secondary N) is 2. The van der Waals surface area contributed by atoms with E-state index < -0.39 is 11.6 Å². The van der Waals surface area contributed by atoms with Crippen LogP contribution in [0.1, 0.15) is 84.6 Å². The molecule has 0 saturated heterocycles. The van der Waals surface area contributed by atoms with E-state index in [0.29, 0.717) is 36.4 Å². The maximum absolute atomic E-state index is 14.0. The van der Waals surface area contributed by atoms with Gasteiger partial charge in [0.1, 0.15) is 11.6 Å². The van der Waals surface area contributed by atoms with Crippen molar-refractivity contribution >= 4 is 5.91 Å². The molecule has 3 aromatic rings. The highest BCUT2D eigenvalue weighted by Crippen LogP contribution is 2.45. The van der Waals surface area contributed by atoms with Gasteiger partial charge >= 0.3 is 0 Å². The predicted molar refractivity (Wildman–Crippen MR) is 168 cm³/mol. The van der Waals surface area contributed by atoms with Crippen molar-refractivity contribution in [2.45, 2.75) is 84.3 Å². The molecule has 226 valence electrons. The zero-order chi connectivity index (χ0) is 30.3. The Bertz CT molecular complexity index is 1330. The van der Waals surface area contributed by atoms with Crippen molar-refractivity contribution in [2.75, 3.05) is 20.1 Å². The molecule has 0 spiro atoms. The summed E-state index contributed by atoms with van der Waals surface area (Å²) >= 11 is 0. The van der Waals surface area contributed by atoms with Crippen molar-refractivity contribution in [3.63, 3.8) is 0 Å². The fourth-order valence-electron chi connectivity index (χ4n) is 5.73. The maximum Gasteiger partial charge on any atom is 0.251 e. The Morgan fingerprint density at radius 1 is 0.952 bits per heavy atom. The molecule has 0 radical (unpaired) electrons. The third-order valence-corrected chi connectivity index (χ3v) is 8.27. The van der Waals surface area contributed by atoms with Crippen LogP contribution in [0.5, 0.6) is 0 Å². The summed E-state index contributed by atoms with van der Waals surface area (Å²) in [7, 11) is 2.11. The summed E-state index contributed by atoms with van der Waals surface area (Å²) in [6, 6.07) is 18.0. The lowest BCUT2D eigenvalue weighted by Gasteiger charge is -2.23. The fourth-order valence-corrected chi connectivity index (χ4v) is 5.73. The molecule has 1 saturated carbocycles. The monoisotopic (exact) mass is 575 g/mol. The van der Waals surface area contributed by atoms with Crippen molar-refractivity contribution in [3.05, 3.63) is 106 Å². The average Bonchev–Trinajstić information content (AvgIpc) is 3.72. The van der Waals surface area contributed by atoms with Gasteiger partial charge in [-0.1, -0.05) is 56.7 Å². The summed E-state index contributed by atoms with van der Waals surface area (Å²) in [5, 5.41) is 6.94. The van der Waals surface area contributed by atoms with Gasteiger partial charge in [-0.15, -0.1) is 0 Å². The van der Waals surface area contributed by atoms with Crippen LogP contribution in [-0.4, -0.2) is 37.0 Å².